The number of ether oxygens (including phenoxy) is 4. The summed E-state index contributed by atoms with van der Waals surface area (Å²) in [5.41, 5.74) is -0.982. The van der Waals surface area contributed by atoms with Crippen molar-refractivity contribution in [1.82, 2.24) is 0 Å². The minimum atomic E-state index is -0.647. The number of rotatable bonds is 4. The minimum Gasteiger partial charge on any atom is -0.465 e. The number of epoxide rings is 2. The molecule has 5 rings (SSSR count). The van der Waals surface area contributed by atoms with E-state index in [1.807, 2.05) is 6.92 Å². The maximum absolute atomic E-state index is 13.2. The van der Waals surface area contributed by atoms with Crippen LogP contribution < -0.4 is 0 Å². The largest absolute Gasteiger partial charge is 0.465 e. The van der Waals surface area contributed by atoms with Gasteiger partial charge in [0.05, 0.1) is 6.61 Å². The lowest BCUT2D eigenvalue weighted by atomic mass is 9.54. The number of fused-ring (bicyclic) bond motifs is 2. The van der Waals surface area contributed by atoms with Crippen LogP contribution in [0.4, 0.5) is 0 Å². The van der Waals surface area contributed by atoms with Gasteiger partial charge in [0.2, 0.25) is 0 Å². The molecule has 4 heterocycles. The fourth-order valence-corrected chi connectivity index (χ4v) is 5.89. The molecule has 5 fully saturated rings. The van der Waals surface area contributed by atoms with E-state index in [2.05, 4.69) is 13.8 Å². The molecular formula is C18H26O5. The van der Waals surface area contributed by atoms with Gasteiger partial charge in [0.25, 0.3) is 11.6 Å². The highest BCUT2D eigenvalue weighted by atomic mass is 17.1. The lowest BCUT2D eigenvalue weighted by Crippen LogP contribution is -2.56. The summed E-state index contributed by atoms with van der Waals surface area (Å²) in [7, 11) is 0. The standard InChI is InChI=1S/C18H26O5/c1-4-20-14(19)16(10-11-8-6-5-7-9-11)13-18-17(22-18,23-18)12(21-13)15(16,2)3/h11-13H,4-10H2,1-3H3. The van der Waals surface area contributed by atoms with Crippen LogP contribution in [0, 0.1) is 16.7 Å². The third-order valence-electron chi connectivity index (χ3n) is 7.20. The molecule has 3 unspecified atom stereocenters. The van der Waals surface area contributed by atoms with E-state index in [1.165, 1.54) is 32.1 Å². The first kappa shape index (κ1) is 14.7. The fourth-order valence-electron chi connectivity index (χ4n) is 5.89. The van der Waals surface area contributed by atoms with E-state index >= 15 is 0 Å². The summed E-state index contributed by atoms with van der Waals surface area (Å²) in [6.45, 7) is 6.55. The third kappa shape index (κ3) is 1.41. The molecule has 2 bridgehead atoms. The summed E-state index contributed by atoms with van der Waals surface area (Å²) in [6, 6.07) is 0. The van der Waals surface area contributed by atoms with Gasteiger partial charge in [-0.1, -0.05) is 46.0 Å². The lowest BCUT2D eigenvalue weighted by Gasteiger charge is -2.44. The van der Waals surface area contributed by atoms with E-state index in [0.29, 0.717) is 12.5 Å². The molecule has 1 aliphatic carbocycles. The van der Waals surface area contributed by atoms with Crippen molar-refractivity contribution < 1.29 is 23.7 Å². The zero-order valence-corrected chi connectivity index (χ0v) is 14.2. The Morgan fingerprint density at radius 3 is 2.35 bits per heavy atom. The maximum atomic E-state index is 13.2. The average molecular weight is 322 g/mol. The summed E-state index contributed by atoms with van der Waals surface area (Å²) in [4.78, 5) is 13.2. The van der Waals surface area contributed by atoms with Crippen LogP contribution in [0.15, 0.2) is 0 Å². The van der Waals surface area contributed by atoms with Gasteiger partial charge in [-0.15, -0.1) is 0 Å². The second kappa shape index (κ2) is 4.12. The van der Waals surface area contributed by atoms with E-state index < -0.39 is 17.0 Å². The quantitative estimate of drug-likeness (QED) is 0.588. The number of hydrogen-bond acceptors (Lipinski definition) is 5. The number of hydrogen-bond donors (Lipinski definition) is 0. The molecule has 4 aliphatic heterocycles. The van der Waals surface area contributed by atoms with Crippen molar-refractivity contribution in [2.24, 2.45) is 16.7 Å². The molecule has 5 nitrogen and oxygen atoms in total. The summed E-state index contributed by atoms with van der Waals surface area (Å²) in [6.07, 6.45) is 6.62. The van der Waals surface area contributed by atoms with Gasteiger partial charge in [-0.05, 0) is 19.3 Å². The molecule has 0 spiro atoms. The molecular weight excluding hydrogens is 296 g/mol. The Kier molecular flexibility index (Phi) is 2.63. The van der Waals surface area contributed by atoms with Crippen molar-refractivity contribution in [1.29, 1.82) is 0 Å². The Morgan fingerprint density at radius 1 is 1.09 bits per heavy atom. The van der Waals surface area contributed by atoms with Crippen molar-refractivity contribution in [2.45, 2.75) is 83.1 Å². The van der Waals surface area contributed by atoms with Crippen LogP contribution in [0.3, 0.4) is 0 Å². The molecule has 0 aromatic carbocycles. The predicted octanol–water partition coefficient (Wildman–Crippen LogP) is 2.77. The van der Waals surface area contributed by atoms with Gasteiger partial charge in [0, 0.05) is 5.41 Å². The Bertz CT molecular complexity index is 558. The van der Waals surface area contributed by atoms with E-state index in [1.54, 1.807) is 0 Å². The average Bonchev–Trinajstić information content (AvgIpc) is 3.27. The molecule has 0 radical (unpaired) electrons. The SMILES string of the molecule is CCOC(=O)C1(CC2CCCCC2)C2OC(C1(C)C)C13OC21O3. The molecule has 5 heteroatoms. The molecule has 23 heavy (non-hydrogen) atoms. The van der Waals surface area contributed by atoms with Crippen molar-refractivity contribution in [2.75, 3.05) is 6.61 Å². The number of carbonyl (C=O) groups is 1. The zero-order chi connectivity index (χ0) is 16.1. The topological polar surface area (TPSA) is 60.6 Å². The van der Waals surface area contributed by atoms with Crippen LogP contribution in [0.1, 0.15) is 59.3 Å². The maximum Gasteiger partial charge on any atom is 0.315 e. The minimum absolute atomic E-state index is 0.114. The van der Waals surface area contributed by atoms with Gasteiger partial charge in [-0.2, -0.15) is 0 Å². The second-order valence-corrected chi connectivity index (χ2v) is 8.56. The summed E-state index contributed by atoms with van der Waals surface area (Å²) in [5, 5.41) is 0. The monoisotopic (exact) mass is 322 g/mol. The van der Waals surface area contributed by atoms with Crippen molar-refractivity contribution >= 4 is 5.97 Å². The Morgan fingerprint density at radius 2 is 1.74 bits per heavy atom. The van der Waals surface area contributed by atoms with E-state index in [4.69, 9.17) is 18.9 Å². The van der Waals surface area contributed by atoms with Crippen LogP contribution in [-0.4, -0.2) is 36.4 Å². The normalized spacial score (nSPS) is 52.0. The molecule has 4 saturated heterocycles. The van der Waals surface area contributed by atoms with E-state index in [9.17, 15) is 4.79 Å². The number of esters is 1. The molecule has 0 aromatic rings. The fraction of sp³-hybridized carbons (Fsp3) is 0.944. The molecule has 1 saturated carbocycles. The molecule has 0 N–H and O–H groups in total. The van der Waals surface area contributed by atoms with E-state index in [0.717, 1.165) is 6.42 Å². The first-order valence-corrected chi connectivity index (χ1v) is 9.17. The molecule has 128 valence electrons. The third-order valence-corrected chi connectivity index (χ3v) is 7.20. The van der Waals surface area contributed by atoms with E-state index in [-0.39, 0.29) is 23.6 Å². The highest BCUT2D eigenvalue weighted by molar-refractivity contribution is 5.81. The van der Waals surface area contributed by atoms with Crippen LogP contribution in [0.25, 0.3) is 0 Å². The lowest BCUT2D eigenvalue weighted by molar-refractivity contribution is -0.230. The van der Waals surface area contributed by atoms with Crippen LogP contribution in [0.2, 0.25) is 0 Å². The van der Waals surface area contributed by atoms with Crippen molar-refractivity contribution in [3.05, 3.63) is 0 Å². The molecule has 0 aromatic heterocycles. The number of carbonyl (C=O) groups excluding carboxylic acids is 1. The highest BCUT2D eigenvalue weighted by Gasteiger charge is 3.08. The molecule has 0 amide bonds. The molecule has 5 aliphatic rings. The molecule has 3 atom stereocenters. The van der Waals surface area contributed by atoms with Crippen LogP contribution >= 0.6 is 0 Å². The van der Waals surface area contributed by atoms with Gasteiger partial charge in [-0.25, -0.2) is 0 Å². The Hall–Kier alpha value is -0.650. The van der Waals surface area contributed by atoms with Crippen molar-refractivity contribution in [3.8, 4) is 0 Å². The Balaban J connectivity index is 1.54. The predicted molar refractivity (Wildman–Crippen MR) is 80.3 cm³/mol. The van der Waals surface area contributed by atoms with Gasteiger partial charge in [0.15, 0.2) is 0 Å². The van der Waals surface area contributed by atoms with Gasteiger partial charge >= 0.3 is 5.97 Å². The highest BCUT2D eigenvalue weighted by Crippen LogP contribution is 2.87. The Labute approximate surface area is 137 Å². The summed E-state index contributed by atoms with van der Waals surface area (Å²) < 4.78 is 23.5. The van der Waals surface area contributed by atoms with Crippen LogP contribution in [0.5, 0.6) is 0 Å². The smallest absolute Gasteiger partial charge is 0.315 e. The van der Waals surface area contributed by atoms with Crippen molar-refractivity contribution in [3.63, 3.8) is 0 Å². The first-order valence-electron chi connectivity index (χ1n) is 9.17. The summed E-state index contributed by atoms with van der Waals surface area (Å²) in [5.74, 6) is -0.714. The van der Waals surface area contributed by atoms with Gasteiger partial charge in [0.1, 0.15) is 17.6 Å². The van der Waals surface area contributed by atoms with Gasteiger partial charge < -0.3 is 18.9 Å². The second-order valence-electron chi connectivity index (χ2n) is 8.56. The zero-order valence-electron chi connectivity index (χ0n) is 14.2. The first-order chi connectivity index (χ1) is 10.9. The van der Waals surface area contributed by atoms with Crippen LogP contribution in [-0.2, 0) is 23.7 Å². The summed E-state index contributed by atoms with van der Waals surface area (Å²) >= 11 is 0. The van der Waals surface area contributed by atoms with Gasteiger partial charge in [-0.3, -0.25) is 4.79 Å².